The fourth-order valence-electron chi connectivity index (χ4n) is 3.48. The van der Waals surface area contributed by atoms with Gasteiger partial charge in [0.15, 0.2) is 0 Å². The van der Waals surface area contributed by atoms with Gasteiger partial charge in [0.2, 0.25) is 0 Å². The van der Waals surface area contributed by atoms with E-state index in [2.05, 4.69) is 32.0 Å². The quantitative estimate of drug-likeness (QED) is 0.917. The predicted octanol–water partition coefficient (Wildman–Crippen LogP) is 3.12. The van der Waals surface area contributed by atoms with Crippen LogP contribution in [0.1, 0.15) is 36.0 Å². The molecule has 1 aliphatic heterocycles. The van der Waals surface area contributed by atoms with Crippen molar-refractivity contribution in [2.75, 3.05) is 6.61 Å². The van der Waals surface area contributed by atoms with Crippen LogP contribution in [0.2, 0.25) is 0 Å². The number of rotatable bonds is 4. The number of ether oxygens (including phenoxy) is 1. The first-order valence-electron chi connectivity index (χ1n) is 7.44. The molecule has 20 heavy (non-hydrogen) atoms. The summed E-state index contributed by atoms with van der Waals surface area (Å²) in [5, 5.41) is 9.85. The summed E-state index contributed by atoms with van der Waals surface area (Å²) in [6, 6.07) is 6.29. The number of hydrogen-bond acceptors (Lipinski definition) is 2. The predicted molar refractivity (Wildman–Crippen MR) is 76.8 cm³/mol. The molecule has 0 amide bonds. The first-order chi connectivity index (χ1) is 9.53. The Morgan fingerprint density at radius 3 is 2.80 bits per heavy atom. The van der Waals surface area contributed by atoms with Crippen molar-refractivity contribution in [2.45, 2.75) is 45.6 Å². The Morgan fingerprint density at radius 1 is 1.40 bits per heavy atom. The topological polar surface area (TPSA) is 46.5 Å². The molecule has 1 saturated carbocycles. The fraction of sp³-hybridized carbons (Fsp3) is 0.588. The minimum absolute atomic E-state index is 0.0973. The van der Waals surface area contributed by atoms with Crippen LogP contribution in [-0.2, 0) is 16.0 Å². The van der Waals surface area contributed by atoms with Crippen molar-refractivity contribution in [1.29, 1.82) is 0 Å². The number of hydrogen-bond donors (Lipinski definition) is 1. The van der Waals surface area contributed by atoms with E-state index in [0.717, 1.165) is 18.4 Å². The van der Waals surface area contributed by atoms with Gasteiger partial charge in [0.05, 0.1) is 6.10 Å². The standard InChI is InChI=1S/C17H22O3/c1-11-3-4-12(2)14(9-11)10-17(16(18)19)7-8-20-15(17)13-5-6-13/h3-4,9,13,15H,5-8,10H2,1-2H3,(H,18,19). The van der Waals surface area contributed by atoms with Crippen molar-refractivity contribution in [3.05, 3.63) is 34.9 Å². The van der Waals surface area contributed by atoms with Gasteiger partial charge in [0, 0.05) is 6.61 Å². The van der Waals surface area contributed by atoms with Gasteiger partial charge in [0.1, 0.15) is 5.41 Å². The first-order valence-corrected chi connectivity index (χ1v) is 7.44. The summed E-state index contributed by atoms with van der Waals surface area (Å²) in [4.78, 5) is 12.0. The smallest absolute Gasteiger partial charge is 0.312 e. The molecule has 108 valence electrons. The molecule has 0 radical (unpaired) electrons. The molecule has 3 rings (SSSR count). The summed E-state index contributed by atoms with van der Waals surface area (Å²) in [5.74, 6) is -0.230. The van der Waals surface area contributed by atoms with Crippen LogP contribution in [0, 0.1) is 25.2 Å². The van der Waals surface area contributed by atoms with Crippen molar-refractivity contribution in [3.63, 3.8) is 0 Å². The average Bonchev–Trinajstić information content (AvgIpc) is 3.15. The van der Waals surface area contributed by atoms with Gasteiger partial charge in [-0.05, 0) is 56.6 Å². The summed E-state index contributed by atoms with van der Waals surface area (Å²) in [7, 11) is 0. The summed E-state index contributed by atoms with van der Waals surface area (Å²) in [6.07, 6.45) is 3.37. The second-order valence-corrected chi connectivity index (χ2v) is 6.45. The third-order valence-electron chi connectivity index (χ3n) is 4.88. The van der Waals surface area contributed by atoms with E-state index in [0.29, 0.717) is 25.4 Å². The van der Waals surface area contributed by atoms with E-state index in [4.69, 9.17) is 4.74 Å². The van der Waals surface area contributed by atoms with Crippen LogP contribution in [0.3, 0.4) is 0 Å². The molecule has 2 fully saturated rings. The van der Waals surface area contributed by atoms with Crippen molar-refractivity contribution in [3.8, 4) is 0 Å². The maximum absolute atomic E-state index is 12.0. The lowest BCUT2D eigenvalue weighted by Gasteiger charge is -2.30. The molecule has 0 aromatic heterocycles. The number of carboxylic acid groups (broad SMARTS) is 1. The molecule has 2 aliphatic rings. The summed E-state index contributed by atoms with van der Waals surface area (Å²) >= 11 is 0. The molecular formula is C17H22O3. The highest BCUT2D eigenvalue weighted by Gasteiger charge is 2.55. The Kier molecular flexibility index (Phi) is 3.33. The first kappa shape index (κ1) is 13.6. The van der Waals surface area contributed by atoms with E-state index >= 15 is 0 Å². The molecule has 1 saturated heterocycles. The maximum atomic E-state index is 12.0. The monoisotopic (exact) mass is 274 g/mol. The molecule has 2 atom stereocenters. The molecule has 2 unspecified atom stereocenters. The normalized spacial score (nSPS) is 29.6. The molecule has 1 aromatic carbocycles. The van der Waals surface area contributed by atoms with Gasteiger partial charge in [0.25, 0.3) is 0 Å². The molecule has 3 heteroatoms. The molecule has 1 aliphatic carbocycles. The highest BCUT2D eigenvalue weighted by atomic mass is 16.5. The van der Waals surface area contributed by atoms with Crippen LogP contribution >= 0.6 is 0 Å². The van der Waals surface area contributed by atoms with Crippen LogP contribution in [0.4, 0.5) is 0 Å². The Morgan fingerprint density at radius 2 is 2.15 bits per heavy atom. The van der Waals surface area contributed by atoms with Crippen LogP contribution < -0.4 is 0 Å². The number of carbonyl (C=O) groups is 1. The van der Waals surface area contributed by atoms with Gasteiger partial charge < -0.3 is 9.84 Å². The summed E-state index contributed by atoms with van der Waals surface area (Å²) in [6.45, 7) is 4.70. The minimum Gasteiger partial charge on any atom is -0.481 e. The molecule has 1 heterocycles. The Hall–Kier alpha value is -1.35. The lowest BCUT2D eigenvalue weighted by molar-refractivity contribution is -0.153. The van der Waals surface area contributed by atoms with Gasteiger partial charge in [-0.2, -0.15) is 0 Å². The number of carboxylic acids is 1. The zero-order valence-electron chi connectivity index (χ0n) is 12.2. The van der Waals surface area contributed by atoms with Gasteiger partial charge in [-0.25, -0.2) is 0 Å². The van der Waals surface area contributed by atoms with Crippen LogP contribution in [0.25, 0.3) is 0 Å². The van der Waals surface area contributed by atoms with E-state index in [9.17, 15) is 9.90 Å². The Balaban J connectivity index is 1.95. The van der Waals surface area contributed by atoms with Crippen LogP contribution in [0.15, 0.2) is 18.2 Å². The van der Waals surface area contributed by atoms with Crippen LogP contribution in [-0.4, -0.2) is 23.8 Å². The van der Waals surface area contributed by atoms with E-state index in [1.807, 2.05) is 0 Å². The number of aliphatic carboxylic acids is 1. The van der Waals surface area contributed by atoms with E-state index < -0.39 is 11.4 Å². The van der Waals surface area contributed by atoms with E-state index in [-0.39, 0.29) is 6.10 Å². The van der Waals surface area contributed by atoms with Gasteiger partial charge in [-0.15, -0.1) is 0 Å². The Labute approximate surface area is 120 Å². The molecular weight excluding hydrogens is 252 g/mol. The highest BCUT2D eigenvalue weighted by molar-refractivity contribution is 5.76. The van der Waals surface area contributed by atoms with E-state index in [1.165, 1.54) is 11.1 Å². The van der Waals surface area contributed by atoms with Crippen molar-refractivity contribution in [1.82, 2.24) is 0 Å². The van der Waals surface area contributed by atoms with Gasteiger partial charge >= 0.3 is 5.97 Å². The molecule has 0 spiro atoms. The van der Waals surface area contributed by atoms with E-state index in [1.54, 1.807) is 0 Å². The molecule has 1 N–H and O–H groups in total. The fourth-order valence-corrected chi connectivity index (χ4v) is 3.48. The molecule has 1 aromatic rings. The third kappa shape index (κ3) is 2.24. The summed E-state index contributed by atoms with van der Waals surface area (Å²) < 4.78 is 5.82. The average molecular weight is 274 g/mol. The highest BCUT2D eigenvalue weighted by Crippen LogP contribution is 2.49. The summed E-state index contributed by atoms with van der Waals surface area (Å²) in [5.41, 5.74) is 2.80. The number of benzene rings is 1. The number of aryl methyl sites for hydroxylation is 2. The Bertz CT molecular complexity index is 533. The van der Waals surface area contributed by atoms with Gasteiger partial charge in [-0.1, -0.05) is 23.8 Å². The lowest BCUT2D eigenvalue weighted by Crippen LogP contribution is -2.42. The SMILES string of the molecule is Cc1ccc(C)c(CC2(C(=O)O)CCOC2C2CC2)c1. The third-order valence-corrected chi connectivity index (χ3v) is 4.88. The maximum Gasteiger partial charge on any atom is 0.312 e. The minimum atomic E-state index is -0.722. The second-order valence-electron chi connectivity index (χ2n) is 6.45. The zero-order chi connectivity index (χ0) is 14.3. The largest absolute Gasteiger partial charge is 0.481 e. The van der Waals surface area contributed by atoms with Crippen molar-refractivity contribution < 1.29 is 14.6 Å². The molecule has 0 bridgehead atoms. The second kappa shape index (κ2) is 4.88. The van der Waals surface area contributed by atoms with Crippen molar-refractivity contribution >= 4 is 5.97 Å². The van der Waals surface area contributed by atoms with Gasteiger partial charge in [-0.3, -0.25) is 4.79 Å². The lowest BCUT2D eigenvalue weighted by atomic mass is 9.73. The van der Waals surface area contributed by atoms with Crippen molar-refractivity contribution in [2.24, 2.45) is 11.3 Å². The van der Waals surface area contributed by atoms with Crippen LogP contribution in [0.5, 0.6) is 0 Å². The molecule has 3 nitrogen and oxygen atoms in total. The zero-order valence-corrected chi connectivity index (χ0v) is 12.2.